The average molecular weight is 400 g/mol. The number of hydrogen-bond donors (Lipinski definition) is 2. The number of nitrogens with two attached hydrogens (primary N) is 1. The van der Waals surface area contributed by atoms with Crippen LogP contribution in [-0.4, -0.2) is 50.3 Å². The summed E-state index contributed by atoms with van der Waals surface area (Å²) in [5.74, 6) is -0.705. The van der Waals surface area contributed by atoms with Crippen LogP contribution in [0.3, 0.4) is 0 Å². The third-order valence-corrected chi connectivity index (χ3v) is 8.29. The van der Waals surface area contributed by atoms with Crippen LogP contribution < -0.4 is 5.73 Å². The Bertz CT molecular complexity index is 1100. The average Bonchev–Trinajstić information content (AvgIpc) is 3.06. The first-order valence-corrected chi connectivity index (χ1v) is 10.4. The van der Waals surface area contributed by atoms with Gasteiger partial charge < -0.3 is 20.2 Å². The van der Waals surface area contributed by atoms with E-state index in [4.69, 9.17) is 10.2 Å². The van der Waals surface area contributed by atoms with Crippen LogP contribution >= 0.6 is 23.5 Å². The van der Waals surface area contributed by atoms with Crippen LogP contribution in [0, 0.1) is 0 Å². The molecule has 1 amide bonds. The monoisotopic (exact) mass is 400 g/mol. The van der Waals surface area contributed by atoms with Gasteiger partial charge in [-0.2, -0.15) is 0 Å². The van der Waals surface area contributed by atoms with Gasteiger partial charge in [-0.3, -0.25) is 9.59 Å². The summed E-state index contributed by atoms with van der Waals surface area (Å²) in [7, 11) is 0. The van der Waals surface area contributed by atoms with Gasteiger partial charge in [0.15, 0.2) is 0 Å². The van der Waals surface area contributed by atoms with Crippen LogP contribution in [-0.2, 0) is 9.59 Å². The van der Waals surface area contributed by atoms with Crippen molar-refractivity contribution in [3.05, 3.63) is 42.5 Å². The van der Waals surface area contributed by atoms with Crippen molar-refractivity contribution >= 4 is 57.3 Å². The largest absolute Gasteiger partial charge is 0.480 e. The number of rotatable bonds is 3. The highest BCUT2D eigenvalue weighted by Crippen LogP contribution is 2.48. The molecule has 3 heterocycles. The Balaban J connectivity index is 1.58. The highest BCUT2D eigenvalue weighted by Gasteiger charge is 2.56. The molecule has 2 aliphatic rings. The third kappa shape index (κ3) is 2.40. The standard InChI is InChI=1S/C19H16N2O4S2/c20-15-16(22)21-8-19(18(23)24,9-26-17(15)21)27-13-7-3-6-12-14(13)10-4-1-2-5-11(10)25-12/h1-7,15,17H,8-9,20H2,(H,23,24)/t15-,17-,19?/m1/s1. The van der Waals surface area contributed by atoms with Crippen molar-refractivity contribution in [1.29, 1.82) is 0 Å². The Morgan fingerprint density at radius 1 is 1.26 bits per heavy atom. The Hall–Kier alpha value is -2.16. The zero-order chi connectivity index (χ0) is 18.8. The lowest BCUT2D eigenvalue weighted by molar-refractivity contribution is -0.148. The van der Waals surface area contributed by atoms with Crippen molar-refractivity contribution in [3.63, 3.8) is 0 Å². The number of fused-ring (bicyclic) bond motifs is 4. The molecule has 3 aromatic rings. The van der Waals surface area contributed by atoms with E-state index >= 15 is 0 Å². The quantitative estimate of drug-likeness (QED) is 0.653. The number of carbonyl (C=O) groups is 2. The SMILES string of the molecule is N[C@@H]1C(=O)N2CC(Sc3cccc4oc5ccccc5c34)(C(=O)O)CS[C@H]12. The van der Waals surface area contributed by atoms with Gasteiger partial charge in [-0.1, -0.05) is 24.3 Å². The Morgan fingerprint density at radius 3 is 2.85 bits per heavy atom. The van der Waals surface area contributed by atoms with Gasteiger partial charge in [0.05, 0.1) is 0 Å². The molecule has 2 saturated heterocycles. The van der Waals surface area contributed by atoms with Crippen molar-refractivity contribution < 1.29 is 19.1 Å². The van der Waals surface area contributed by atoms with Crippen LogP contribution in [0.15, 0.2) is 51.8 Å². The fourth-order valence-electron chi connectivity index (χ4n) is 3.73. The Labute approximate surface area is 163 Å². The van der Waals surface area contributed by atoms with Crippen molar-refractivity contribution in [1.82, 2.24) is 4.90 Å². The minimum absolute atomic E-state index is 0.115. The predicted molar refractivity (Wildman–Crippen MR) is 106 cm³/mol. The molecule has 0 saturated carbocycles. The zero-order valence-corrected chi connectivity index (χ0v) is 15.8. The molecule has 3 N–H and O–H groups in total. The van der Waals surface area contributed by atoms with E-state index in [9.17, 15) is 14.7 Å². The molecule has 0 aliphatic carbocycles. The summed E-state index contributed by atoms with van der Waals surface area (Å²) in [6, 6.07) is 12.9. The lowest BCUT2D eigenvalue weighted by Crippen LogP contribution is -2.73. The summed E-state index contributed by atoms with van der Waals surface area (Å²) >= 11 is 2.74. The van der Waals surface area contributed by atoms with Gasteiger partial charge in [0.25, 0.3) is 0 Å². The summed E-state index contributed by atoms with van der Waals surface area (Å²) in [6.07, 6.45) is 0. The van der Waals surface area contributed by atoms with E-state index in [0.29, 0.717) is 5.75 Å². The van der Waals surface area contributed by atoms with E-state index in [1.807, 2.05) is 42.5 Å². The molecule has 2 aromatic carbocycles. The van der Waals surface area contributed by atoms with Crippen LogP contribution in [0.4, 0.5) is 0 Å². The number of para-hydroxylation sites is 1. The van der Waals surface area contributed by atoms with E-state index in [-0.39, 0.29) is 17.8 Å². The van der Waals surface area contributed by atoms with E-state index in [1.165, 1.54) is 23.5 Å². The molecule has 1 aromatic heterocycles. The number of amides is 1. The Kier molecular flexibility index (Phi) is 3.72. The van der Waals surface area contributed by atoms with Crippen LogP contribution in [0.1, 0.15) is 0 Å². The predicted octanol–water partition coefficient (Wildman–Crippen LogP) is 2.74. The number of benzene rings is 2. The molecule has 0 radical (unpaired) electrons. The van der Waals surface area contributed by atoms with Gasteiger partial charge in [-0.25, -0.2) is 0 Å². The molecule has 2 fully saturated rings. The maximum atomic E-state index is 12.3. The molecule has 2 aliphatic heterocycles. The summed E-state index contributed by atoms with van der Waals surface area (Å²) < 4.78 is 4.79. The minimum Gasteiger partial charge on any atom is -0.480 e. The molecule has 138 valence electrons. The lowest BCUT2D eigenvalue weighted by Gasteiger charge is -2.52. The number of β-lactam (4-membered cyclic amide) rings is 1. The zero-order valence-electron chi connectivity index (χ0n) is 14.1. The summed E-state index contributed by atoms with van der Waals surface area (Å²) in [5, 5.41) is 11.8. The second-order valence-corrected chi connectivity index (χ2v) is 9.35. The number of carboxylic acids is 1. The van der Waals surface area contributed by atoms with E-state index in [1.54, 1.807) is 4.90 Å². The van der Waals surface area contributed by atoms with Gasteiger partial charge in [-0.05, 0) is 18.2 Å². The van der Waals surface area contributed by atoms with Crippen molar-refractivity contribution in [3.8, 4) is 0 Å². The number of hydrogen-bond acceptors (Lipinski definition) is 6. The normalized spacial score (nSPS) is 27.6. The minimum atomic E-state index is -1.12. The van der Waals surface area contributed by atoms with Gasteiger partial charge in [0.2, 0.25) is 5.91 Å². The molecule has 27 heavy (non-hydrogen) atoms. The topological polar surface area (TPSA) is 96.8 Å². The molecule has 0 bridgehead atoms. The second-order valence-electron chi connectivity index (χ2n) is 6.82. The highest BCUT2D eigenvalue weighted by molar-refractivity contribution is 8.05. The van der Waals surface area contributed by atoms with Crippen molar-refractivity contribution in [2.75, 3.05) is 12.3 Å². The molecule has 8 heteroatoms. The first-order valence-electron chi connectivity index (χ1n) is 8.50. The number of carbonyl (C=O) groups excluding carboxylic acids is 1. The summed E-state index contributed by atoms with van der Waals surface area (Å²) in [6.45, 7) is 0.156. The lowest BCUT2D eigenvalue weighted by atomic mass is 10.0. The van der Waals surface area contributed by atoms with Crippen LogP contribution in [0.25, 0.3) is 21.9 Å². The van der Waals surface area contributed by atoms with Gasteiger partial charge in [-0.15, -0.1) is 23.5 Å². The number of furan rings is 1. The third-order valence-electron chi connectivity index (χ3n) is 5.16. The van der Waals surface area contributed by atoms with Crippen LogP contribution in [0.2, 0.25) is 0 Å². The molecule has 0 spiro atoms. The number of carboxylic acid groups (broad SMARTS) is 1. The highest BCUT2D eigenvalue weighted by atomic mass is 32.2. The van der Waals surface area contributed by atoms with Crippen molar-refractivity contribution in [2.24, 2.45) is 5.73 Å². The molecular weight excluding hydrogens is 384 g/mol. The Morgan fingerprint density at radius 2 is 2.04 bits per heavy atom. The first kappa shape index (κ1) is 17.0. The van der Waals surface area contributed by atoms with Crippen molar-refractivity contribution in [2.45, 2.75) is 21.1 Å². The molecule has 6 nitrogen and oxygen atoms in total. The van der Waals surface area contributed by atoms with E-state index in [2.05, 4.69) is 0 Å². The smallest absolute Gasteiger partial charge is 0.322 e. The van der Waals surface area contributed by atoms with Gasteiger partial charge >= 0.3 is 5.97 Å². The molecule has 1 unspecified atom stereocenters. The summed E-state index contributed by atoms with van der Waals surface area (Å²) in [4.78, 5) is 26.8. The molecule has 5 rings (SSSR count). The number of thioether (sulfide) groups is 2. The fourth-order valence-corrected chi connectivity index (χ4v) is 6.67. The van der Waals surface area contributed by atoms with Gasteiger partial charge in [0.1, 0.15) is 27.3 Å². The maximum absolute atomic E-state index is 12.3. The number of nitrogens with zero attached hydrogens (tertiary/aromatic N) is 1. The first-order chi connectivity index (χ1) is 13.0. The number of aliphatic carboxylic acids is 1. The second kappa shape index (κ2) is 5.92. The molecular formula is C19H16N2O4S2. The maximum Gasteiger partial charge on any atom is 0.322 e. The van der Waals surface area contributed by atoms with E-state index in [0.717, 1.165) is 26.8 Å². The fraction of sp³-hybridized carbons (Fsp3) is 0.263. The summed E-state index contributed by atoms with van der Waals surface area (Å²) in [5.41, 5.74) is 7.34. The molecule has 3 atom stereocenters. The van der Waals surface area contributed by atoms with E-state index < -0.39 is 16.8 Å². The van der Waals surface area contributed by atoms with Crippen LogP contribution in [0.5, 0.6) is 0 Å². The van der Waals surface area contributed by atoms with Gasteiger partial charge in [0, 0.05) is 28.0 Å².